The lowest BCUT2D eigenvalue weighted by molar-refractivity contribution is -0.143. The molecule has 0 bridgehead atoms. The number of carbonyl (C=O) groups is 1. The number of carboxylic acids is 1. The van der Waals surface area contributed by atoms with E-state index in [0.717, 1.165) is 25.9 Å². The van der Waals surface area contributed by atoms with Crippen molar-refractivity contribution in [2.45, 2.75) is 39.0 Å². The van der Waals surface area contributed by atoms with Crippen LogP contribution in [-0.2, 0) is 10.2 Å². The molecule has 3 nitrogen and oxygen atoms in total. The standard InChI is InChI=1S/C31H35NO2/c1-23-7-13-27(14-8-23)31(28-15-9-24(2)10-16-28,29-17-11-25(3)12-18-29)19-5-21-32-20-4-6-26(22-32)30(33)34/h5,7-19,26H,4,6,20-22H2,1-3H3,(H,33,34)/b19-5+. The van der Waals surface area contributed by atoms with Crippen molar-refractivity contribution in [3.63, 3.8) is 0 Å². The molecule has 1 fully saturated rings. The molecule has 1 atom stereocenters. The molecule has 176 valence electrons. The number of nitrogens with zero attached hydrogens (tertiary/aromatic N) is 1. The quantitative estimate of drug-likeness (QED) is 0.337. The lowest BCUT2D eigenvalue weighted by Gasteiger charge is -2.34. The first-order chi connectivity index (χ1) is 16.4. The van der Waals surface area contributed by atoms with Gasteiger partial charge in [0, 0.05) is 13.1 Å². The molecule has 1 aliphatic heterocycles. The van der Waals surface area contributed by atoms with Crippen molar-refractivity contribution >= 4 is 5.97 Å². The first-order valence-electron chi connectivity index (χ1n) is 12.2. The summed E-state index contributed by atoms with van der Waals surface area (Å²) in [5.74, 6) is -0.944. The van der Waals surface area contributed by atoms with Gasteiger partial charge in [-0.05, 0) is 56.8 Å². The van der Waals surface area contributed by atoms with E-state index in [1.54, 1.807) is 0 Å². The van der Waals surface area contributed by atoms with E-state index in [2.05, 4.69) is 111 Å². The molecule has 1 aliphatic rings. The largest absolute Gasteiger partial charge is 0.481 e. The molecular weight excluding hydrogens is 418 g/mol. The molecule has 1 unspecified atom stereocenters. The molecule has 3 aromatic rings. The molecular formula is C31H35NO2. The molecule has 1 saturated heterocycles. The zero-order valence-corrected chi connectivity index (χ0v) is 20.5. The summed E-state index contributed by atoms with van der Waals surface area (Å²) in [5.41, 5.74) is 6.96. The van der Waals surface area contributed by atoms with Crippen LogP contribution in [0.4, 0.5) is 0 Å². The highest BCUT2D eigenvalue weighted by atomic mass is 16.4. The van der Waals surface area contributed by atoms with Gasteiger partial charge in [0.15, 0.2) is 0 Å². The summed E-state index contributed by atoms with van der Waals surface area (Å²) < 4.78 is 0. The highest BCUT2D eigenvalue weighted by Gasteiger charge is 2.34. The van der Waals surface area contributed by atoms with Gasteiger partial charge in [-0.25, -0.2) is 0 Å². The topological polar surface area (TPSA) is 40.5 Å². The Morgan fingerprint density at radius 2 is 1.29 bits per heavy atom. The molecule has 0 spiro atoms. The monoisotopic (exact) mass is 453 g/mol. The number of carboxylic acid groups (broad SMARTS) is 1. The zero-order chi connectivity index (χ0) is 24.1. The van der Waals surface area contributed by atoms with Crippen molar-refractivity contribution in [1.29, 1.82) is 0 Å². The fourth-order valence-electron chi connectivity index (χ4n) is 5.04. The summed E-state index contributed by atoms with van der Waals surface area (Å²) in [6, 6.07) is 26.5. The van der Waals surface area contributed by atoms with Crippen LogP contribution in [0.3, 0.4) is 0 Å². The van der Waals surface area contributed by atoms with Crippen molar-refractivity contribution in [3.05, 3.63) is 118 Å². The molecule has 3 aromatic carbocycles. The van der Waals surface area contributed by atoms with E-state index in [9.17, 15) is 9.90 Å². The van der Waals surface area contributed by atoms with Crippen molar-refractivity contribution in [3.8, 4) is 0 Å². The molecule has 0 saturated carbocycles. The molecule has 0 amide bonds. The van der Waals surface area contributed by atoms with Gasteiger partial charge in [0.1, 0.15) is 0 Å². The van der Waals surface area contributed by atoms with Crippen LogP contribution in [0.15, 0.2) is 84.9 Å². The molecule has 0 aromatic heterocycles. The Morgan fingerprint density at radius 3 is 1.71 bits per heavy atom. The maximum Gasteiger partial charge on any atom is 0.307 e. The highest BCUT2D eigenvalue weighted by molar-refractivity contribution is 5.70. The molecule has 4 rings (SSSR count). The number of rotatable bonds is 7. The minimum Gasteiger partial charge on any atom is -0.481 e. The Kier molecular flexibility index (Phi) is 7.33. The zero-order valence-electron chi connectivity index (χ0n) is 20.5. The first-order valence-corrected chi connectivity index (χ1v) is 12.2. The van der Waals surface area contributed by atoms with E-state index in [1.807, 2.05) is 0 Å². The number of piperidine rings is 1. The van der Waals surface area contributed by atoms with Gasteiger partial charge in [0.05, 0.1) is 11.3 Å². The van der Waals surface area contributed by atoms with Crippen LogP contribution in [0, 0.1) is 26.7 Å². The fourth-order valence-corrected chi connectivity index (χ4v) is 5.04. The molecule has 34 heavy (non-hydrogen) atoms. The van der Waals surface area contributed by atoms with Gasteiger partial charge in [0.25, 0.3) is 0 Å². The highest BCUT2D eigenvalue weighted by Crippen LogP contribution is 2.41. The molecule has 3 heteroatoms. The van der Waals surface area contributed by atoms with E-state index < -0.39 is 11.4 Å². The van der Waals surface area contributed by atoms with Crippen molar-refractivity contribution in [1.82, 2.24) is 4.90 Å². The average Bonchev–Trinajstić information content (AvgIpc) is 2.84. The third-order valence-electron chi connectivity index (χ3n) is 7.11. The van der Waals surface area contributed by atoms with Gasteiger partial charge >= 0.3 is 5.97 Å². The lowest BCUT2D eigenvalue weighted by Crippen LogP contribution is -2.38. The average molecular weight is 454 g/mol. The predicted molar refractivity (Wildman–Crippen MR) is 139 cm³/mol. The number of likely N-dealkylation sites (tertiary alicyclic amines) is 1. The number of aryl methyl sites for hydroxylation is 3. The molecule has 0 aliphatic carbocycles. The Morgan fingerprint density at radius 1 is 0.853 bits per heavy atom. The van der Waals surface area contributed by atoms with Crippen molar-refractivity contribution in [2.24, 2.45) is 5.92 Å². The van der Waals surface area contributed by atoms with Crippen LogP contribution in [-0.4, -0.2) is 35.6 Å². The van der Waals surface area contributed by atoms with Gasteiger partial charge in [0.2, 0.25) is 0 Å². The van der Waals surface area contributed by atoms with Crippen LogP contribution < -0.4 is 0 Å². The van der Waals surface area contributed by atoms with Crippen LogP contribution in [0.5, 0.6) is 0 Å². The summed E-state index contributed by atoms with van der Waals surface area (Å²) >= 11 is 0. The third-order valence-corrected chi connectivity index (χ3v) is 7.11. The number of allylic oxidation sites excluding steroid dienone is 1. The Balaban J connectivity index is 1.79. The normalized spacial score (nSPS) is 17.2. The Bertz CT molecular complexity index is 1020. The predicted octanol–water partition coefficient (Wildman–Crippen LogP) is 6.30. The molecule has 0 radical (unpaired) electrons. The maximum absolute atomic E-state index is 11.5. The lowest BCUT2D eigenvalue weighted by atomic mass is 9.69. The Labute approximate surface area is 203 Å². The number of hydrogen-bond acceptors (Lipinski definition) is 2. The Hall–Kier alpha value is -3.17. The second-order valence-electron chi connectivity index (χ2n) is 9.75. The summed E-state index contributed by atoms with van der Waals surface area (Å²) in [7, 11) is 0. The van der Waals surface area contributed by atoms with Crippen LogP contribution in [0.25, 0.3) is 0 Å². The van der Waals surface area contributed by atoms with Crippen molar-refractivity contribution in [2.75, 3.05) is 19.6 Å². The van der Waals surface area contributed by atoms with Crippen molar-refractivity contribution < 1.29 is 9.90 Å². The van der Waals surface area contributed by atoms with E-state index in [-0.39, 0.29) is 5.92 Å². The third kappa shape index (κ3) is 5.15. The fraction of sp³-hybridized carbons (Fsp3) is 0.323. The number of hydrogen-bond donors (Lipinski definition) is 1. The van der Waals surface area contributed by atoms with Gasteiger partial charge in [-0.1, -0.05) is 102 Å². The number of aliphatic carboxylic acids is 1. The van der Waals surface area contributed by atoms with E-state index in [0.29, 0.717) is 6.54 Å². The maximum atomic E-state index is 11.5. The molecule has 1 heterocycles. The van der Waals surface area contributed by atoms with E-state index in [4.69, 9.17) is 0 Å². The van der Waals surface area contributed by atoms with Crippen LogP contribution in [0.1, 0.15) is 46.2 Å². The summed E-state index contributed by atoms with van der Waals surface area (Å²) in [4.78, 5) is 13.8. The number of benzene rings is 3. The summed E-state index contributed by atoms with van der Waals surface area (Å²) in [6.07, 6.45) is 6.28. The second-order valence-corrected chi connectivity index (χ2v) is 9.75. The van der Waals surface area contributed by atoms with Crippen LogP contribution in [0.2, 0.25) is 0 Å². The van der Waals surface area contributed by atoms with Crippen LogP contribution >= 0.6 is 0 Å². The van der Waals surface area contributed by atoms with Gasteiger partial charge in [-0.3, -0.25) is 9.69 Å². The van der Waals surface area contributed by atoms with E-state index in [1.165, 1.54) is 33.4 Å². The smallest absolute Gasteiger partial charge is 0.307 e. The van der Waals surface area contributed by atoms with E-state index >= 15 is 0 Å². The second kappa shape index (κ2) is 10.4. The van der Waals surface area contributed by atoms with Gasteiger partial charge < -0.3 is 5.11 Å². The summed E-state index contributed by atoms with van der Waals surface area (Å²) in [6.45, 7) is 8.67. The summed E-state index contributed by atoms with van der Waals surface area (Å²) in [5, 5.41) is 9.48. The minimum absolute atomic E-state index is 0.266. The molecule has 1 N–H and O–H groups in total. The minimum atomic E-state index is -0.679. The van der Waals surface area contributed by atoms with Gasteiger partial charge in [-0.2, -0.15) is 0 Å². The first kappa shape index (κ1) is 24.0. The SMILES string of the molecule is Cc1ccc(C(/C=C/CN2CCCC(C(=O)O)C2)(c2ccc(C)cc2)c2ccc(C)cc2)cc1. The van der Waals surface area contributed by atoms with Gasteiger partial charge in [-0.15, -0.1) is 0 Å².